The molecule has 0 atom stereocenters. The van der Waals surface area contributed by atoms with Crippen LogP contribution in [0.15, 0.2) is 23.2 Å². The summed E-state index contributed by atoms with van der Waals surface area (Å²) in [6, 6.07) is 0. The van der Waals surface area contributed by atoms with Crippen molar-refractivity contribution < 1.29 is 26.3 Å². The average molecular weight is 261 g/mol. The maximum atomic E-state index is 10.9. The predicted molar refractivity (Wildman–Crippen MR) is 42.1 cm³/mol. The number of allylic oxidation sites excluding steroid dienone is 2. The van der Waals surface area contributed by atoms with Crippen LogP contribution in [0, 0.1) is 0 Å². The van der Waals surface area contributed by atoms with Gasteiger partial charge in [-0.2, -0.15) is 26.3 Å². The lowest BCUT2D eigenvalue weighted by molar-refractivity contribution is -0.0806. The van der Waals surface area contributed by atoms with Gasteiger partial charge >= 0.3 is 12.4 Å². The van der Waals surface area contributed by atoms with Crippen LogP contribution in [-0.2, 0) is 0 Å². The van der Waals surface area contributed by atoms with E-state index >= 15 is 0 Å². The Balaban J connectivity index is 0. The molecule has 0 nitrogen and oxygen atoms in total. The molecule has 0 heterocycles. The minimum atomic E-state index is -4.26. The monoisotopic (exact) mass is 260 g/mol. The van der Waals surface area contributed by atoms with Gasteiger partial charge < -0.3 is 0 Å². The summed E-state index contributed by atoms with van der Waals surface area (Å²) in [7, 11) is 0. The topological polar surface area (TPSA) is 0 Å². The molecule has 0 saturated heterocycles. The zero-order chi connectivity index (χ0) is 11.8. The second kappa shape index (κ2) is 7.00. The van der Waals surface area contributed by atoms with E-state index in [0.717, 1.165) is 0 Å². The largest absolute Gasteiger partial charge is 0.410 e. The van der Waals surface area contributed by atoms with E-state index < -0.39 is 12.4 Å². The smallest absolute Gasteiger partial charge is 0.167 e. The van der Waals surface area contributed by atoms with Gasteiger partial charge in [-0.3, -0.25) is 0 Å². The van der Waals surface area contributed by atoms with Crippen LogP contribution in [0.25, 0.3) is 0 Å². The molecule has 0 aliphatic heterocycles. The Bertz CT molecular complexity index is 167. The number of halogens is 8. The van der Waals surface area contributed by atoms with Gasteiger partial charge in [0.05, 0.1) is 0 Å². The quantitative estimate of drug-likeness (QED) is 0.559. The van der Waals surface area contributed by atoms with Crippen molar-refractivity contribution in [2.24, 2.45) is 0 Å². The summed E-state index contributed by atoms with van der Waals surface area (Å²) in [6.45, 7) is 0. The zero-order valence-electron chi connectivity index (χ0n) is 6.33. The highest BCUT2D eigenvalue weighted by Crippen LogP contribution is 2.16. The van der Waals surface area contributed by atoms with Crippen LogP contribution < -0.4 is 0 Å². The Hall–Kier alpha value is -0.360. The zero-order valence-corrected chi connectivity index (χ0v) is 7.84. The van der Waals surface area contributed by atoms with E-state index in [4.69, 9.17) is 0 Å². The standard InChI is InChI=1S/2C3H2ClF3/c2*4-2-1-3(5,6)7/h2*1-2H/b2-1+;2-1-. The van der Waals surface area contributed by atoms with Crippen molar-refractivity contribution in [2.75, 3.05) is 0 Å². The van der Waals surface area contributed by atoms with Crippen LogP contribution in [-0.4, -0.2) is 12.4 Å². The Labute approximate surface area is 85.8 Å². The summed E-state index contributed by atoms with van der Waals surface area (Å²) < 4.78 is 65.3. The van der Waals surface area contributed by atoms with Crippen molar-refractivity contribution in [3.63, 3.8) is 0 Å². The molecule has 0 aromatic rings. The fourth-order valence-corrected chi connectivity index (χ4v) is 0.429. The molecule has 0 aromatic carbocycles. The summed E-state index contributed by atoms with van der Waals surface area (Å²) >= 11 is 9.17. The van der Waals surface area contributed by atoms with E-state index in [1.54, 1.807) is 0 Å². The third-order valence-corrected chi connectivity index (χ3v) is 0.756. The summed E-state index contributed by atoms with van der Waals surface area (Å²) in [6.07, 6.45) is -8.62. The van der Waals surface area contributed by atoms with E-state index in [0.29, 0.717) is 11.1 Å². The van der Waals surface area contributed by atoms with Crippen LogP contribution in [0.5, 0.6) is 0 Å². The van der Waals surface area contributed by atoms with Crippen molar-refractivity contribution in [1.29, 1.82) is 0 Å². The molecule has 8 heteroatoms. The van der Waals surface area contributed by atoms with Crippen molar-refractivity contribution in [1.82, 2.24) is 0 Å². The first-order valence-electron chi connectivity index (χ1n) is 2.81. The van der Waals surface area contributed by atoms with Gasteiger partial charge in [0, 0.05) is 23.2 Å². The van der Waals surface area contributed by atoms with E-state index in [-0.39, 0.29) is 12.2 Å². The Morgan fingerprint density at radius 2 is 0.857 bits per heavy atom. The third kappa shape index (κ3) is 22.6. The van der Waals surface area contributed by atoms with Gasteiger partial charge in [-0.1, -0.05) is 23.2 Å². The molecule has 0 N–H and O–H groups in total. The van der Waals surface area contributed by atoms with E-state index in [2.05, 4.69) is 23.2 Å². The highest BCUT2D eigenvalue weighted by atomic mass is 35.5. The van der Waals surface area contributed by atoms with Gasteiger partial charge in [-0.05, 0) is 0 Å². The molecule has 0 aliphatic rings. The van der Waals surface area contributed by atoms with Gasteiger partial charge in [0.25, 0.3) is 0 Å². The van der Waals surface area contributed by atoms with Crippen molar-refractivity contribution >= 4 is 23.2 Å². The maximum Gasteiger partial charge on any atom is 0.410 e. The Morgan fingerprint density at radius 3 is 0.857 bits per heavy atom. The van der Waals surface area contributed by atoms with Crippen LogP contribution >= 0.6 is 23.2 Å². The average Bonchev–Trinajstić information content (AvgIpc) is 1.81. The van der Waals surface area contributed by atoms with Crippen LogP contribution in [0.3, 0.4) is 0 Å². The van der Waals surface area contributed by atoms with Gasteiger partial charge in [-0.25, -0.2) is 0 Å². The van der Waals surface area contributed by atoms with Crippen LogP contribution in [0.1, 0.15) is 0 Å². The molecule has 0 amide bonds. The minimum absolute atomic E-state index is 0.0471. The molecule has 0 aromatic heterocycles. The molecule has 0 unspecified atom stereocenters. The number of hydrogen-bond acceptors (Lipinski definition) is 0. The highest BCUT2D eigenvalue weighted by Gasteiger charge is 2.21. The SMILES string of the molecule is FC(F)(F)/C=C/Cl.FC(F)(F)/C=C\Cl. The van der Waals surface area contributed by atoms with E-state index in [1.807, 2.05) is 0 Å². The first kappa shape index (κ1) is 16.1. The minimum Gasteiger partial charge on any atom is -0.167 e. The molecule has 0 radical (unpaired) electrons. The normalized spacial score (nSPS) is 13.1. The lowest BCUT2D eigenvalue weighted by Gasteiger charge is -1.92. The third-order valence-electron chi connectivity index (χ3n) is 0.504. The Morgan fingerprint density at radius 1 is 0.643 bits per heavy atom. The summed E-state index contributed by atoms with van der Waals surface area (Å²) in [5.41, 5.74) is 0.861. The number of hydrogen-bond donors (Lipinski definition) is 0. The highest BCUT2D eigenvalue weighted by molar-refractivity contribution is 6.25. The molecule has 14 heavy (non-hydrogen) atoms. The number of rotatable bonds is 0. The second-order valence-corrected chi connectivity index (χ2v) is 2.17. The van der Waals surface area contributed by atoms with Gasteiger partial charge in [0.1, 0.15) is 0 Å². The van der Waals surface area contributed by atoms with Gasteiger partial charge in [-0.15, -0.1) is 0 Å². The maximum absolute atomic E-state index is 10.9. The molecule has 0 spiro atoms. The molecule has 0 fully saturated rings. The first-order valence-corrected chi connectivity index (χ1v) is 3.69. The van der Waals surface area contributed by atoms with Gasteiger partial charge in [0.2, 0.25) is 0 Å². The Kier molecular flexibility index (Phi) is 8.04. The second-order valence-electron chi connectivity index (χ2n) is 1.67. The van der Waals surface area contributed by atoms with Crippen molar-refractivity contribution in [2.45, 2.75) is 12.4 Å². The van der Waals surface area contributed by atoms with E-state index in [9.17, 15) is 26.3 Å². The lowest BCUT2D eigenvalue weighted by atomic mass is 10.6. The molecular formula is C6H4Cl2F6. The van der Waals surface area contributed by atoms with E-state index in [1.165, 1.54) is 0 Å². The lowest BCUT2D eigenvalue weighted by Crippen LogP contribution is -1.99. The molecule has 0 saturated carbocycles. The van der Waals surface area contributed by atoms with Crippen LogP contribution in [0.2, 0.25) is 0 Å². The fraction of sp³-hybridized carbons (Fsp3) is 0.333. The van der Waals surface area contributed by atoms with Crippen LogP contribution in [0.4, 0.5) is 26.3 Å². The molecule has 84 valence electrons. The molecular weight excluding hydrogens is 257 g/mol. The molecule has 0 aliphatic carbocycles. The fourth-order valence-electron chi connectivity index (χ4n) is 0.143. The van der Waals surface area contributed by atoms with Crippen molar-refractivity contribution in [3.8, 4) is 0 Å². The predicted octanol–water partition coefficient (Wildman–Crippen LogP) is 4.60. The number of alkyl halides is 6. The summed E-state index contributed by atoms with van der Waals surface area (Å²) in [4.78, 5) is 0. The molecule has 0 rings (SSSR count). The van der Waals surface area contributed by atoms with Gasteiger partial charge in [0.15, 0.2) is 0 Å². The summed E-state index contributed by atoms with van der Waals surface area (Å²) in [5.74, 6) is 0. The van der Waals surface area contributed by atoms with Crippen molar-refractivity contribution in [3.05, 3.63) is 23.2 Å². The molecule has 0 bridgehead atoms. The summed E-state index contributed by atoms with van der Waals surface area (Å²) in [5, 5.41) is 0. The first-order chi connectivity index (χ1) is 6.12.